The van der Waals surface area contributed by atoms with Crippen LogP contribution in [0.2, 0.25) is 0 Å². The largest absolute Gasteiger partial charge is 0.488 e. The van der Waals surface area contributed by atoms with Crippen LogP contribution in [0.4, 0.5) is 5.82 Å². The molecule has 0 spiro atoms. The predicted octanol–water partition coefficient (Wildman–Crippen LogP) is 4.86. The maximum atomic E-state index is 12.3. The number of hydrogen-bond acceptors (Lipinski definition) is 8. The van der Waals surface area contributed by atoms with Crippen LogP contribution < -0.4 is 9.64 Å². The summed E-state index contributed by atoms with van der Waals surface area (Å²) < 4.78 is 23.4. The van der Waals surface area contributed by atoms with Gasteiger partial charge in [0.1, 0.15) is 18.2 Å². The summed E-state index contributed by atoms with van der Waals surface area (Å²) in [6.07, 6.45) is 2.81. The summed E-state index contributed by atoms with van der Waals surface area (Å²) in [5, 5.41) is 10.1. The highest BCUT2D eigenvalue weighted by molar-refractivity contribution is 5.82. The van der Waals surface area contributed by atoms with E-state index in [9.17, 15) is 9.90 Å². The molecule has 2 aromatic carbocycles. The summed E-state index contributed by atoms with van der Waals surface area (Å²) in [5.41, 5.74) is 7.13. The van der Waals surface area contributed by atoms with Crippen molar-refractivity contribution in [3.05, 3.63) is 76.3 Å². The SMILES string of the molecule is COCc1cc(COc2c(C)cccc2-c2cccc(N3CC4C[C@]4(C(=O)O)[C@H]3COC)n2)cc2c1CN(C1CCOC1)CC2. The first-order valence-electron chi connectivity index (χ1n) is 16.1. The molecule has 238 valence electrons. The zero-order valence-electron chi connectivity index (χ0n) is 26.5. The maximum Gasteiger partial charge on any atom is 0.312 e. The van der Waals surface area contributed by atoms with Crippen molar-refractivity contribution in [2.45, 2.75) is 58.0 Å². The van der Waals surface area contributed by atoms with Crippen molar-refractivity contribution >= 4 is 11.8 Å². The Kier molecular flexibility index (Phi) is 8.29. The quantitative estimate of drug-likeness (QED) is 0.326. The number of anilines is 1. The van der Waals surface area contributed by atoms with Gasteiger partial charge in [0, 0.05) is 52.1 Å². The first-order chi connectivity index (χ1) is 21.9. The number of hydrogen-bond donors (Lipinski definition) is 1. The second-order valence-corrected chi connectivity index (χ2v) is 13.1. The molecule has 4 atom stereocenters. The molecule has 3 aliphatic heterocycles. The van der Waals surface area contributed by atoms with Crippen molar-refractivity contribution in [3.8, 4) is 17.0 Å². The fourth-order valence-corrected chi connectivity index (χ4v) is 7.95. The van der Waals surface area contributed by atoms with Crippen molar-refractivity contribution < 1.29 is 28.8 Å². The van der Waals surface area contributed by atoms with E-state index in [2.05, 4.69) is 34.9 Å². The fraction of sp³-hybridized carbons (Fsp3) is 0.500. The van der Waals surface area contributed by atoms with Gasteiger partial charge in [-0.15, -0.1) is 0 Å². The normalized spacial score (nSPS) is 25.7. The number of carboxylic acids is 1. The van der Waals surface area contributed by atoms with Crippen molar-refractivity contribution in [1.82, 2.24) is 9.88 Å². The average molecular weight is 614 g/mol. The van der Waals surface area contributed by atoms with Crippen LogP contribution >= 0.6 is 0 Å². The molecule has 2 saturated heterocycles. The standard InChI is InChI=1S/C36H43N3O6/c1-23-6-4-7-29(31-8-5-9-33(37-31)39-17-27-16-36(27,35(40)41)32(39)22-43-3)34(23)45-19-24-14-25-10-12-38(28-11-13-44-21-28)18-30(25)26(15-24)20-42-2/h4-9,14-15,27-28,32H,10-13,16-22H2,1-3H3,(H,40,41)/t27?,28?,32-,36-/m1/s1. The number of aryl methyl sites for hydroxylation is 1. The number of fused-ring (bicyclic) bond motifs is 2. The van der Waals surface area contributed by atoms with Gasteiger partial charge >= 0.3 is 5.97 Å². The highest BCUT2D eigenvalue weighted by Gasteiger charge is 2.71. The molecule has 45 heavy (non-hydrogen) atoms. The lowest BCUT2D eigenvalue weighted by Gasteiger charge is -2.34. The van der Waals surface area contributed by atoms with Crippen LogP contribution in [0.5, 0.6) is 5.75 Å². The van der Waals surface area contributed by atoms with Crippen LogP contribution in [0.3, 0.4) is 0 Å². The number of rotatable bonds is 11. The number of pyridine rings is 1. The van der Waals surface area contributed by atoms with Gasteiger partial charge < -0.3 is 29.0 Å². The second-order valence-electron chi connectivity index (χ2n) is 13.1. The number of carboxylic acid groups (broad SMARTS) is 1. The molecule has 1 aliphatic carbocycles. The van der Waals surface area contributed by atoms with Gasteiger partial charge in [-0.05, 0) is 84.2 Å². The third-order valence-electron chi connectivity index (χ3n) is 10.4. The van der Waals surface area contributed by atoms with Crippen LogP contribution in [-0.4, -0.2) is 80.2 Å². The van der Waals surface area contributed by atoms with Crippen molar-refractivity contribution in [3.63, 3.8) is 0 Å². The summed E-state index contributed by atoms with van der Waals surface area (Å²) >= 11 is 0. The maximum absolute atomic E-state index is 12.3. The van der Waals surface area contributed by atoms with Crippen molar-refractivity contribution in [1.29, 1.82) is 0 Å². The zero-order chi connectivity index (χ0) is 31.1. The molecule has 0 radical (unpaired) electrons. The number of para-hydroxylation sites is 1. The Morgan fingerprint density at radius 1 is 1.13 bits per heavy atom. The van der Waals surface area contributed by atoms with Crippen molar-refractivity contribution in [2.24, 2.45) is 11.3 Å². The van der Waals surface area contributed by atoms with Crippen LogP contribution in [-0.2, 0) is 45.2 Å². The van der Waals surface area contributed by atoms with E-state index in [1.165, 1.54) is 16.7 Å². The van der Waals surface area contributed by atoms with Crippen molar-refractivity contribution in [2.75, 3.05) is 52.0 Å². The summed E-state index contributed by atoms with van der Waals surface area (Å²) in [5.74, 6) is 0.962. The third kappa shape index (κ3) is 5.50. The number of aliphatic carboxylic acids is 1. The molecule has 1 N–H and O–H groups in total. The number of benzene rings is 2. The lowest BCUT2D eigenvalue weighted by atomic mass is 9.91. The van der Waals surface area contributed by atoms with E-state index >= 15 is 0 Å². The van der Waals surface area contributed by atoms with E-state index < -0.39 is 11.4 Å². The minimum Gasteiger partial charge on any atom is -0.488 e. The molecule has 3 fully saturated rings. The summed E-state index contributed by atoms with van der Waals surface area (Å²) in [7, 11) is 3.39. The Morgan fingerprint density at radius 3 is 2.78 bits per heavy atom. The van der Waals surface area contributed by atoms with E-state index in [0.29, 0.717) is 38.8 Å². The lowest BCUT2D eigenvalue weighted by molar-refractivity contribution is -0.144. The number of carbonyl (C=O) groups is 1. The molecule has 1 saturated carbocycles. The van der Waals surface area contributed by atoms with E-state index in [0.717, 1.165) is 73.1 Å². The fourth-order valence-electron chi connectivity index (χ4n) is 7.95. The van der Waals surface area contributed by atoms with Gasteiger partial charge in [0.15, 0.2) is 0 Å². The summed E-state index contributed by atoms with van der Waals surface area (Å²) in [6, 6.07) is 16.9. The van der Waals surface area contributed by atoms with Gasteiger partial charge in [-0.2, -0.15) is 0 Å². The number of aromatic nitrogens is 1. The molecule has 3 aromatic rings. The Balaban J connectivity index is 1.13. The van der Waals surface area contributed by atoms with E-state index in [4.69, 9.17) is 23.9 Å². The molecule has 4 aliphatic rings. The van der Waals surface area contributed by atoms with Gasteiger partial charge in [-0.25, -0.2) is 4.98 Å². The van der Waals surface area contributed by atoms with Crippen LogP contribution in [0, 0.1) is 18.3 Å². The van der Waals surface area contributed by atoms with Gasteiger partial charge in [0.2, 0.25) is 0 Å². The molecule has 9 heteroatoms. The highest BCUT2D eigenvalue weighted by Crippen LogP contribution is 2.62. The van der Waals surface area contributed by atoms with E-state index in [-0.39, 0.29) is 12.0 Å². The van der Waals surface area contributed by atoms with Crippen LogP contribution in [0.25, 0.3) is 11.3 Å². The lowest BCUT2D eigenvalue weighted by Crippen LogP contribution is -2.43. The first kappa shape index (κ1) is 30.2. The summed E-state index contributed by atoms with van der Waals surface area (Å²) in [6.45, 7) is 7.75. The van der Waals surface area contributed by atoms with Gasteiger partial charge in [-0.1, -0.05) is 24.3 Å². The molecule has 4 heterocycles. The van der Waals surface area contributed by atoms with Crippen LogP contribution in [0.15, 0.2) is 48.5 Å². The number of ether oxygens (including phenoxy) is 4. The Morgan fingerprint density at radius 2 is 2.00 bits per heavy atom. The van der Waals surface area contributed by atoms with E-state index in [1.807, 2.05) is 30.3 Å². The van der Waals surface area contributed by atoms with Gasteiger partial charge in [0.25, 0.3) is 0 Å². The van der Waals surface area contributed by atoms with Crippen LogP contribution in [0.1, 0.15) is 40.7 Å². The van der Waals surface area contributed by atoms with Gasteiger partial charge in [0.05, 0.1) is 37.0 Å². The number of methoxy groups -OCH3 is 2. The first-order valence-corrected chi connectivity index (χ1v) is 16.1. The summed E-state index contributed by atoms with van der Waals surface area (Å²) in [4.78, 5) is 22.0. The monoisotopic (exact) mass is 613 g/mol. The second kappa shape index (κ2) is 12.4. The number of nitrogens with zero attached hydrogens (tertiary/aromatic N) is 3. The Labute approximate surface area is 265 Å². The predicted molar refractivity (Wildman–Crippen MR) is 170 cm³/mol. The smallest absolute Gasteiger partial charge is 0.312 e. The minimum atomic E-state index is -0.745. The molecule has 0 bridgehead atoms. The Hall–Kier alpha value is -3.50. The zero-order valence-corrected chi connectivity index (χ0v) is 26.5. The molecule has 9 nitrogen and oxygen atoms in total. The van der Waals surface area contributed by atoms with E-state index in [1.54, 1.807) is 14.2 Å². The average Bonchev–Trinajstić information content (AvgIpc) is 3.36. The molecule has 1 aromatic heterocycles. The molecule has 7 rings (SSSR count). The molecular formula is C36H43N3O6. The molecule has 0 amide bonds. The Bertz CT molecular complexity index is 1570. The topological polar surface area (TPSA) is 93.6 Å². The number of piperidine rings is 1. The molecule has 2 unspecified atom stereocenters. The minimum absolute atomic E-state index is 0.123. The highest BCUT2D eigenvalue weighted by atomic mass is 16.5. The molecular weight excluding hydrogens is 570 g/mol. The van der Waals surface area contributed by atoms with Gasteiger partial charge in [-0.3, -0.25) is 9.69 Å². The third-order valence-corrected chi connectivity index (χ3v) is 10.4.